The Kier molecular flexibility index (Phi) is 5.96. The van der Waals surface area contributed by atoms with Crippen LogP contribution in [0.5, 0.6) is 5.75 Å². The number of carbonyl (C=O) groups excluding carboxylic acids is 2. The highest BCUT2D eigenvalue weighted by Gasteiger charge is 2.41. The predicted molar refractivity (Wildman–Crippen MR) is 104 cm³/mol. The predicted octanol–water partition coefficient (Wildman–Crippen LogP) is 3.00. The molecular formula is C20H27ClN2O4. The summed E-state index contributed by atoms with van der Waals surface area (Å²) in [6, 6.07) is 5.27. The highest BCUT2D eigenvalue weighted by Crippen LogP contribution is 2.39. The van der Waals surface area contributed by atoms with Gasteiger partial charge in [-0.05, 0) is 57.7 Å². The Morgan fingerprint density at radius 1 is 1.37 bits per heavy atom. The first-order chi connectivity index (χ1) is 12.8. The minimum Gasteiger partial charge on any atom is -0.476 e. The van der Waals surface area contributed by atoms with Crippen molar-refractivity contribution in [1.29, 1.82) is 0 Å². The van der Waals surface area contributed by atoms with Crippen LogP contribution < -0.4 is 9.64 Å². The van der Waals surface area contributed by atoms with Crippen molar-refractivity contribution in [1.82, 2.24) is 4.90 Å². The van der Waals surface area contributed by atoms with E-state index in [1.807, 2.05) is 4.90 Å². The summed E-state index contributed by atoms with van der Waals surface area (Å²) in [7, 11) is 0. The molecule has 1 aromatic rings. The first-order valence-electron chi connectivity index (χ1n) is 9.54. The Morgan fingerprint density at radius 3 is 2.89 bits per heavy atom. The lowest BCUT2D eigenvalue weighted by atomic mass is 9.99. The van der Waals surface area contributed by atoms with Crippen LogP contribution in [-0.2, 0) is 9.59 Å². The number of aliphatic hydroxyl groups excluding tert-OH is 1. The SMILES string of the molecule is CC1(C)Oc2ccc(Cl)cc2N(CCC(=O)N2CCCCC2CCO)C1=O. The number of hydrogen-bond donors (Lipinski definition) is 1. The van der Waals surface area contributed by atoms with Crippen molar-refractivity contribution >= 4 is 29.1 Å². The Morgan fingerprint density at radius 2 is 2.15 bits per heavy atom. The molecule has 6 nitrogen and oxygen atoms in total. The van der Waals surface area contributed by atoms with Crippen LogP contribution in [0.25, 0.3) is 0 Å². The van der Waals surface area contributed by atoms with Crippen molar-refractivity contribution in [3.05, 3.63) is 23.2 Å². The van der Waals surface area contributed by atoms with Crippen LogP contribution in [0, 0.1) is 0 Å². The summed E-state index contributed by atoms with van der Waals surface area (Å²) in [4.78, 5) is 29.2. The number of aliphatic hydroxyl groups is 1. The molecule has 0 aliphatic carbocycles. The number of rotatable bonds is 5. The lowest BCUT2D eigenvalue weighted by molar-refractivity contribution is -0.135. The summed E-state index contributed by atoms with van der Waals surface area (Å²) in [5, 5.41) is 9.78. The molecule has 0 bridgehead atoms. The van der Waals surface area contributed by atoms with E-state index in [0.29, 0.717) is 29.4 Å². The molecular weight excluding hydrogens is 368 g/mol. The zero-order valence-electron chi connectivity index (χ0n) is 15.9. The third-order valence-electron chi connectivity index (χ3n) is 5.30. The minimum atomic E-state index is -0.992. The Bertz CT molecular complexity index is 720. The lowest BCUT2D eigenvalue weighted by Gasteiger charge is -2.40. The van der Waals surface area contributed by atoms with Crippen molar-refractivity contribution < 1.29 is 19.4 Å². The van der Waals surface area contributed by atoms with Gasteiger partial charge in [-0.3, -0.25) is 9.59 Å². The average molecular weight is 395 g/mol. The van der Waals surface area contributed by atoms with E-state index in [9.17, 15) is 14.7 Å². The number of carbonyl (C=O) groups is 2. The summed E-state index contributed by atoms with van der Waals surface area (Å²) >= 11 is 6.11. The van der Waals surface area contributed by atoms with Gasteiger partial charge in [-0.15, -0.1) is 0 Å². The Balaban J connectivity index is 1.75. The maximum absolute atomic E-state index is 12.9. The van der Waals surface area contributed by atoms with E-state index in [1.165, 1.54) is 0 Å². The van der Waals surface area contributed by atoms with Crippen molar-refractivity contribution in [2.45, 2.75) is 57.6 Å². The van der Waals surface area contributed by atoms with Gasteiger partial charge in [-0.1, -0.05) is 11.6 Å². The number of halogens is 1. The number of ether oxygens (including phenoxy) is 1. The first kappa shape index (κ1) is 20.0. The van der Waals surface area contributed by atoms with Gasteiger partial charge in [0.15, 0.2) is 5.60 Å². The van der Waals surface area contributed by atoms with Gasteiger partial charge in [0.1, 0.15) is 5.75 Å². The Labute approximate surface area is 165 Å². The largest absolute Gasteiger partial charge is 0.476 e. The van der Waals surface area contributed by atoms with Gasteiger partial charge in [0.05, 0.1) is 5.69 Å². The molecule has 0 saturated carbocycles. The minimum absolute atomic E-state index is 0.0221. The van der Waals surface area contributed by atoms with Crippen LogP contribution in [0.4, 0.5) is 5.69 Å². The summed E-state index contributed by atoms with van der Waals surface area (Å²) in [5.74, 6) is 0.428. The van der Waals surface area contributed by atoms with Crippen LogP contribution in [0.3, 0.4) is 0 Å². The molecule has 1 fully saturated rings. The molecule has 1 N–H and O–H groups in total. The van der Waals surface area contributed by atoms with Gasteiger partial charge in [0, 0.05) is 37.2 Å². The van der Waals surface area contributed by atoms with Crippen molar-refractivity contribution in [2.24, 2.45) is 0 Å². The maximum Gasteiger partial charge on any atom is 0.270 e. The molecule has 2 aliphatic rings. The summed E-state index contributed by atoms with van der Waals surface area (Å²) in [6.45, 7) is 4.53. The number of nitrogens with zero attached hydrogens (tertiary/aromatic N) is 2. The molecule has 2 aliphatic heterocycles. The molecule has 0 radical (unpaired) electrons. The first-order valence-corrected chi connectivity index (χ1v) is 9.92. The fraction of sp³-hybridized carbons (Fsp3) is 0.600. The topological polar surface area (TPSA) is 70.1 Å². The molecule has 27 heavy (non-hydrogen) atoms. The van der Waals surface area contributed by atoms with Gasteiger partial charge in [-0.25, -0.2) is 0 Å². The van der Waals surface area contributed by atoms with Crippen LogP contribution >= 0.6 is 11.6 Å². The third kappa shape index (κ3) is 4.22. The monoisotopic (exact) mass is 394 g/mol. The van der Waals surface area contributed by atoms with Crippen LogP contribution in [0.15, 0.2) is 18.2 Å². The molecule has 0 spiro atoms. The number of likely N-dealkylation sites (tertiary alicyclic amines) is 1. The molecule has 0 aromatic heterocycles. The van der Waals surface area contributed by atoms with E-state index < -0.39 is 5.60 Å². The standard InChI is InChI=1S/C20H27ClN2O4/c1-20(2)19(26)23(16-13-14(21)6-7-17(16)27-20)11-8-18(25)22-10-4-3-5-15(22)9-12-24/h6-7,13,15,24H,3-5,8-12H2,1-2H3. The zero-order valence-corrected chi connectivity index (χ0v) is 16.7. The molecule has 1 aromatic carbocycles. The molecule has 1 saturated heterocycles. The number of fused-ring (bicyclic) bond motifs is 1. The second kappa shape index (κ2) is 8.07. The molecule has 2 amide bonds. The molecule has 2 heterocycles. The molecule has 1 unspecified atom stereocenters. The quantitative estimate of drug-likeness (QED) is 0.833. The molecule has 3 rings (SSSR count). The zero-order chi connectivity index (χ0) is 19.6. The van der Waals surface area contributed by atoms with Crippen LogP contribution in [0.2, 0.25) is 5.02 Å². The summed E-state index contributed by atoms with van der Waals surface area (Å²) < 4.78 is 5.82. The van der Waals surface area contributed by atoms with E-state index in [2.05, 4.69) is 0 Å². The molecule has 7 heteroatoms. The smallest absolute Gasteiger partial charge is 0.270 e. The third-order valence-corrected chi connectivity index (χ3v) is 5.53. The van der Waals surface area contributed by atoms with Crippen molar-refractivity contribution in [3.63, 3.8) is 0 Å². The highest BCUT2D eigenvalue weighted by molar-refractivity contribution is 6.31. The van der Waals surface area contributed by atoms with E-state index >= 15 is 0 Å². The van der Waals surface area contributed by atoms with Gasteiger partial charge < -0.3 is 19.6 Å². The highest BCUT2D eigenvalue weighted by atomic mass is 35.5. The van der Waals surface area contributed by atoms with E-state index in [0.717, 1.165) is 19.3 Å². The van der Waals surface area contributed by atoms with E-state index in [4.69, 9.17) is 16.3 Å². The number of amides is 2. The van der Waals surface area contributed by atoms with Crippen molar-refractivity contribution in [2.75, 3.05) is 24.6 Å². The second-order valence-corrected chi connectivity index (χ2v) is 8.12. The Hall–Kier alpha value is -1.79. The fourth-order valence-corrected chi connectivity index (χ4v) is 4.06. The van der Waals surface area contributed by atoms with E-state index in [-0.39, 0.29) is 37.4 Å². The van der Waals surface area contributed by atoms with Gasteiger partial charge >= 0.3 is 0 Å². The fourth-order valence-electron chi connectivity index (χ4n) is 3.89. The maximum atomic E-state index is 12.9. The van der Waals surface area contributed by atoms with Gasteiger partial charge in [-0.2, -0.15) is 0 Å². The van der Waals surface area contributed by atoms with Gasteiger partial charge in [0.25, 0.3) is 5.91 Å². The van der Waals surface area contributed by atoms with Crippen LogP contribution in [-0.4, -0.2) is 53.2 Å². The second-order valence-electron chi connectivity index (χ2n) is 7.68. The number of benzene rings is 1. The lowest BCUT2D eigenvalue weighted by Crippen LogP contribution is -2.53. The molecule has 148 valence electrons. The summed E-state index contributed by atoms with van der Waals surface area (Å²) in [5.41, 5.74) is -0.390. The molecule has 1 atom stereocenters. The van der Waals surface area contributed by atoms with E-state index in [1.54, 1.807) is 36.9 Å². The number of hydrogen-bond acceptors (Lipinski definition) is 4. The van der Waals surface area contributed by atoms with Crippen LogP contribution in [0.1, 0.15) is 46.0 Å². The van der Waals surface area contributed by atoms with Gasteiger partial charge in [0.2, 0.25) is 5.91 Å². The van der Waals surface area contributed by atoms with Crippen molar-refractivity contribution in [3.8, 4) is 5.75 Å². The average Bonchev–Trinajstić information content (AvgIpc) is 2.63. The number of piperidine rings is 1. The number of anilines is 1. The summed E-state index contributed by atoms with van der Waals surface area (Å²) in [6.07, 6.45) is 3.82. The normalized spacial score (nSPS) is 21.6.